The molecule has 0 amide bonds. The van der Waals surface area contributed by atoms with Gasteiger partial charge in [-0.3, -0.25) is 0 Å². The smallest absolute Gasteiger partial charge is 0.366 e. The Balaban J connectivity index is 1.55. The van der Waals surface area contributed by atoms with Crippen LogP contribution >= 0.6 is 11.8 Å². The first-order chi connectivity index (χ1) is 19.7. The van der Waals surface area contributed by atoms with Gasteiger partial charge in [-0.25, -0.2) is 9.48 Å². The number of carbonyl (C=O) groups is 1. The van der Waals surface area contributed by atoms with Crippen LogP contribution in [0.4, 0.5) is 0 Å². The molecule has 0 fully saturated rings. The Labute approximate surface area is 248 Å². The second kappa shape index (κ2) is 16.4. The maximum atomic E-state index is 12.9. The van der Waals surface area contributed by atoms with E-state index in [-0.39, 0.29) is 0 Å². The molecule has 0 aliphatic carbocycles. The molecule has 0 atom stereocenters. The first-order valence-corrected chi connectivity index (χ1v) is 14.9. The standard InChI is InChI=1S/C34H41N3O3S/c1-25(2)14-12-15-26(3)16-13-17-27(4)22-23-41-32-21-11-10-20-30(32)34(38)40-35-24-31-28(5)36-37(6)33(31)39-29-18-8-7-9-19-29/h7-11,14,16,18-22,24H,12-13,15,17,23H2,1-6H3/b26-16+,27-22+,35-24+. The van der Waals surface area contributed by atoms with Crippen LogP contribution in [0.2, 0.25) is 0 Å². The fraction of sp³-hybridized carbons (Fsp3) is 0.324. The van der Waals surface area contributed by atoms with Gasteiger partial charge in [-0.1, -0.05) is 70.4 Å². The van der Waals surface area contributed by atoms with Gasteiger partial charge in [0.05, 0.1) is 23.0 Å². The lowest BCUT2D eigenvalue weighted by atomic mass is 10.1. The van der Waals surface area contributed by atoms with Crippen LogP contribution in [0.1, 0.15) is 75.0 Å². The van der Waals surface area contributed by atoms with Crippen molar-refractivity contribution >= 4 is 23.9 Å². The largest absolute Gasteiger partial charge is 0.439 e. The fourth-order valence-electron chi connectivity index (χ4n) is 4.07. The van der Waals surface area contributed by atoms with Gasteiger partial charge >= 0.3 is 5.97 Å². The Bertz CT molecular complexity index is 1410. The Kier molecular flexibility index (Phi) is 12.7. The molecule has 1 aromatic heterocycles. The Morgan fingerprint density at radius 3 is 2.32 bits per heavy atom. The number of rotatable bonds is 14. The number of aromatic nitrogens is 2. The minimum Gasteiger partial charge on any atom is -0.439 e. The third-order valence-corrected chi connectivity index (χ3v) is 7.39. The van der Waals surface area contributed by atoms with E-state index in [4.69, 9.17) is 9.57 Å². The predicted molar refractivity (Wildman–Crippen MR) is 170 cm³/mol. The van der Waals surface area contributed by atoms with Gasteiger partial charge in [0.25, 0.3) is 0 Å². The van der Waals surface area contributed by atoms with Crippen molar-refractivity contribution < 1.29 is 14.4 Å². The summed E-state index contributed by atoms with van der Waals surface area (Å²) < 4.78 is 7.64. The minimum absolute atomic E-state index is 0.485. The average molecular weight is 572 g/mol. The molecule has 0 aliphatic heterocycles. The summed E-state index contributed by atoms with van der Waals surface area (Å²) >= 11 is 1.61. The van der Waals surface area contributed by atoms with Crippen molar-refractivity contribution in [3.63, 3.8) is 0 Å². The van der Waals surface area contributed by atoms with Gasteiger partial charge in [0, 0.05) is 17.7 Å². The van der Waals surface area contributed by atoms with E-state index in [1.165, 1.54) is 22.9 Å². The van der Waals surface area contributed by atoms with Gasteiger partial charge in [0.1, 0.15) is 5.75 Å². The lowest BCUT2D eigenvalue weighted by molar-refractivity contribution is 0.0515. The van der Waals surface area contributed by atoms with Crippen LogP contribution in [0.5, 0.6) is 11.6 Å². The van der Waals surface area contributed by atoms with Crippen molar-refractivity contribution in [1.82, 2.24) is 9.78 Å². The molecule has 0 radical (unpaired) electrons. The van der Waals surface area contributed by atoms with Gasteiger partial charge in [0.2, 0.25) is 5.88 Å². The van der Waals surface area contributed by atoms with Crippen LogP contribution in [0.15, 0.2) is 99.6 Å². The van der Waals surface area contributed by atoms with E-state index in [2.05, 4.69) is 56.2 Å². The summed E-state index contributed by atoms with van der Waals surface area (Å²) in [6, 6.07) is 16.9. The molecule has 6 nitrogen and oxygen atoms in total. The first kappa shape index (κ1) is 31.7. The number of oxime groups is 1. The molecule has 0 saturated carbocycles. The Morgan fingerprint density at radius 1 is 0.927 bits per heavy atom. The van der Waals surface area contributed by atoms with E-state index < -0.39 is 5.97 Å². The maximum Gasteiger partial charge on any atom is 0.366 e. The van der Waals surface area contributed by atoms with Gasteiger partial charge in [-0.2, -0.15) is 5.10 Å². The van der Waals surface area contributed by atoms with Gasteiger partial charge in [0.15, 0.2) is 0 Å². The first-order valence-electron chi connectivity index (χ1n) is 13.9. The molecule has 0 aliphatic rings. The van der Waals surface area contributed by atoms with Crippen molar-refractivity contribution in [2.75, 3.05) is 5.75 Å². The highest BCUT2D eigenvalue weighted by atomic mass is 32.2. The molecule has 0 N–H and O–H groups in total. The van der Waals surface area contributed by atoms with Crippen molar-refractivity contribution in [1.29, 1.82) is 0 Å². The average Bonchev–Trinajstić information content (AvgIpc) is 3.20. The maximum absolute atomic E-state index is 12.9. The quantitative estimate of drug-likeness (QED) is 0.0634. The number of nitrogens with zero attached hydrogens (tertiary/aromatic N) is 3. The van der Waals surface area contributed by atoms with Crippen LogP contribution in [0.25, 0.3) is 0 Å². The van der Waals surface area contributed by atoms with Crippen molar-refractivity contribution in [3.05, 3.63) is 106 Å². The number of carbonyl (C=O) groups excluding carboxylic acids is 1. The van der Waals surface area contributed by atoms with Crippen LogP contribution in [-0.4, -0.2) is 27.7 Å². The van der Waals surface area contributed by atoms with Gasteiger partial charge < -0.3 is 9.57 Å². The van der Waals surface area contributed by atoms with Crippen LogP contribution in [-0.2, 0) is 11.9 Å². The van der Waals surface area contributed by atoms with E-state index in [1.807, 2.05) is 55.5 Å². The summed E-state index contributed by atoms with van der Waals surface area (Å²) in [6.45, 7) is 10.5. The van der Waals surface area contributed by atoms with Gasteiger partial charge in [-0.05, 0) is 84.6 Å². The molecule has 3 aromatic rings. The number of para-hydroxylation sites is 1. The molecule has 7 heteroatoms. The monoisotopic (exact) mass is 571 g/mol. The molecule has 0 bridgehead atoms. The molecule has 0 saturated heterocycles. The number of ether oxygens (including phenoxy) is 1. The summed E-state index contributed by atoms with van der Waals surface area (Å²) in [5.41, 5.74) is 6.00. The molecular weight excluding hydrogens is 530 g/mol. The van der Waals surface area contributed by atoms with E-state index in [9.17, 15) is 4.79 Å². The van der Waals surface area contributed by atoms with Crippen LogP contribution < -0.4 is 4.74 Å². The number of thioether (sulfide) groups is 1. The van der Waals surface area contributed by atoms with E-state index in [0.717, 1.165) is 36.3 Å². The lowest BCUT2D eigenvalue weighted by Crippen LogP contribution is -2.03. The molecule has 0 spiro atoms. The molecule has 216 valence electrons. The van der Waals surface area contributed by atoms with E-state index in [1.54, 1.807) is 29.6 Å². The number of hydrogen-bond acceptors (Lipinski definition) is 6. The van der Waals surface area contributed by atoms with E-state index >= 15 is 0 Å². The third kappa shape index (κ3) is 10.6. The summed E-state index contributed by atoms with van der Waals surface area (Å²) in [7, 11) is 1.79. The van der Waals surface area contributed by atoms with Crippen molar-refractivity contribution in [2.24, 2.45) is 12.2 Å². The molecule has 3 rings (SSSR count). The highest BCUT2D eigenvalue weighted by Gasteiger charge is 2.16. The molecular formula is C34H41N3O3S. The van der Waals surface area contributed by atoms with E-state index in [0.29, 0.717) is 28.5 Å². The van der Waals surface area contributed by atoms with Crippen molar-refractivity contribution in [2.45, 2.75) is 65.2 Å². The lowest BCUT2D eigenvalue weighted by Gasteiger charge is -2.07. The number of allylic oxidation sites excluding steroid dienone is 5. The zero-order valence-electron chi connectivity index (χ0n) is 25.0. The number of aryl methyl sites for hydroxylation is 2. The summed E-state index contributed by atoms with van der Waals surface area (Å²) in [4.78, 5) is 19.1. The summed E-state index contributed by atoms with van der Waals surface area (Å²) in [6.07, 6.45) is 12.6. The number of benzene rings is 2. The minimum atomic E-state index is -0.508. The zero-order valence-corrected chi connectivity index (χ0v) is 25.8. The zero-order chi connectivity index (χ0) is 29.6. The molecule has 1 heterocycles. The molecule has 41 heavy (non-hydrogen) atoms. The third-order valence-electron chi connectivity index (χ3n) is 6.39. The van der Waals surface area contributed by atoms with Crippen LogP contribution in [0.3, 0.4) is 0 Å². The molecule has 0 unspecified atom stereocenters. The van der Waals surface area contributed by atoms with Gasteiger partial charge in [-0.15, -0.1) is 11.8 Å². The predicted octanol–water partition coefficient (Wildman–Crippen LogP) is 9.22. The highest BCUT2D eigenvalue weighted by molar-refractivity contribution is 7.99. The SMILES string of the molecule is CC(C)=CCC/C(C)=C/CC/C(C)=C/CSc1ccccc1C(=O)O/N=C/c1c(C)nn(C)c1Oc1ccccc1. The summed E-state index contributed by atoms with van der Waals surface area (Å²) in [5.74, 6) is 1.46. The number of hydrogen-bond donors (Lipinski definition) is 0. The second-order valence-corrected chi connectivity index (χ2v) is 11.3. The fourth-order valence-corrected chi connectivity index (χ4v) is 5.10. The normalized spacial score (nSPS) is 12.0. The van der Waals surface area contributed by atoms with Crippen LogP contribution in [0, 0.1) is 6.92 Å². The van der Waals surface area contributed by atoms with Crippen molar-refractivity contribution in [3.8, 4) is 11.6 Å². The molecule has 2 aromatic carbocycles. The Morgan fingerprint density at radius 2 is 1.59 bits per heavy atom. The summed E-state index contributed by atoms with van der Waals surface area (Å²) in [5, 5.41) is 8.40. The highest BCUT2D eigenvalue weighted by Crippen LogP contribution is 2.27. The topological polar surface area (TPSA) is 65.7 Å². The second-order valence-electron chi connectivity index (χ2n) is 10.2. The Hall–Kier alpha value is -3.84.